The Morgan fingerprint density at radius 2 is 1.84 bits per heavy atom. The Kier molecular flexibility index (Phi) is 8.87. The molecule has 0 aliphatic carbocycles. The first kappa shape index (κ1) is 21.9. The van der Waals surface area contributed by atoms with E-state index in [2.05, 4.69) is 34.0 Å². The highest BCUT2D eigenvalue weighted by Crippen LogP contribution is 2.14. The lowest BCUT2D eigenvalue weighted by atomic mass is 10.1. The van der Waals surface area contributed by atoms with Crippen LogP contribution in [0.4, 0.5) is 0 Å². The van der Waals surface area contributed by atoms with E-state index < -0.39 is 9.84 Å². The van der Waals surface area contributed by atoms with Crippen molar-refractivity contribution < 1.29 is 8.42 Å². The molecule has 1 aromatic heterocycles. The van der Waals surface area contributed by atoms with Crippen LogP contribution < -0.4 is 10.6 Å². The monoisotopic (exact) mass is 493 g/mol. The van der Waals surface area contributed by atoms with Crippen molar-refractivity contribution in [2.24, 2.45) is 4.99 Å². The number of sulfone groups is 1. The molecule has 0 saturated carbocycles. The number of guanidine groups is 1. The smallest absolute Gasteiger partial charge is 0.191 e. The second kappa shape index (κ2) is 10.1. The van der Waals surface area contributed by atoms with Gasteiger partial charge in [-0.3, -0.25) is 4.99 Å². The molecule has 0 unspecified atom stereocenters. The lowest BCUT2D eigenvalue weighted by molar-refractivity contribution is 0.602. The summed E-state index contributed by atoms with van der Waals surface area (Å²) < 4.78 is 22.9. The fourth-order valence-electron chi connectivity index (χ4n) is 2.20. The molecule has 1 aromatic carbocycles. The third-order valence-corrected chi connectivity index (χ3v) is 5.82. The third kappa shape index (κ3) is 6.95. The molecule has 138 valence electrons. The minimum absolute atomic E-state index is 0. The molecule has 2 rings (SSSR count). The van der Waals surface area contributed by atoms with E-state index in [1.165, 1.54) is 16.7 Å². The number of nitrogens with zero attached hydrogens (tertiary/aromatic N) is 1. The maximum Gasteiger partial charge on any atom is 0.191 e. The fourth-order valence-corrected chi connectivity index (χ4v) is 3.67. The molecule has 0 aliphatic rings. The van der Waals surface area contributed by atoms with Crippen molar-refractivity contribution >= 4 is 51.1 Å². The van der Waals surface area contributed by atoms with E-state index in [0.717, 1.165) is 31.0 Å². The van der Waals surface area contributed by atoms with Gasteiger partial charge in [0.25, 0.3) is 0 Å². The Morgan fingerprint density at radius 3 is 2.36 bits per heavy atom. The molecule has 0 amide bonds. The highest BCUT2D eigenvalue weighted by atomic mass is 127. The number of aliphatic imine (C=N–C) groups is 1. The fraction of sp³-hybridized carbons (Fsp3) is 0.353. The van der Waals surface area contributed by atoms with Crippen molar-refractivity contribution in [1.29, 1.82) is 0 Å². The third-order valence-electron chi connectivity index (χ3n) is 3.67. The van der Waals surface area contributed by atoms with Crippen LogP contribution in [0.1, 0.15) is 16.0 Å². The Bertz CT molecular complexity index is 800. The lowest BCUT2D eigenvalue weighted by Crippen LogP contribution is -2.37. The maximum absolute atomic E-state index is 11.4. The van der Waals surface area contributed by atoms with Gasteiger partial charge in [-0.05, 0) is 48.1 Å². The molecule has 5 nitrogen and oxygen atoms in total. The Labute approximate surface area is 170 Å². The van der Waals surface area contributed by atoms with Crippen molar-refractivity contribution in [3.05, 3.63) is 51.7 Å². The van der Waals surface area contributed by atoms with Crippen LogP contribution in [-0.4, -0.2) is 34.2 Å². The normalized spacial score (nSPS) is 11.7. The van der Waals surface area contributed by atoms with Crippen molar-refractivity contribution in [2.75, 3.05) is 19.8 Å². The van der Waals surface area contributed by atoms with E-state index in [1.807, 2.05) is 12.1 Å². The number of nitrogens with one attached hydrogen (secondary N) is 2. The summed E-state index contributed by atoms with van der Waals surface area (Å²) in [6.07, 6.45) is 2.01. The van der Waals surface area contributed by atoms with Crippen LogP contribution in [0.2, 0.25) is 0 Å². The number of hydrogen-bond acceptors (Lipinski definition) is 4. The standard InChI is InChI=1S/C17H23N3O2S2.HI/c1-13-9-11-23-16(13)12-20-17(18-2)19-10-8-14-4-6-15(7-5-14)24(3,21)22;/h4-7,9,11H,8,10,12H2,1-3H3,(H2,18,19,20);1H. The molecular weight excluding hydrogens is 469 g/mol. The predicted octanol–water partition coefficient (Wildman–Crippen LogP) is 2.99. The van der Waals surface area contributed by atoms with E-state index in [0.29, 0.717) is 4.90 Å². The zero-order chi connectivity index (χ0) is 17.6. The summed E-state index contributed by atoms with van der Waals surface area (Å²) in [5.74, 6) is 0.760. The van der Waals surface area contributed by atoms with Gasteiger partial charge in [-0.2, -0.15) is 0 Å². The van der Waals surface area contributed by atoms with Gasteiger partial charge in [0.1, 0.15) is 0 Å². The molecule has 0 radical (unpaired) electrons. The average molecular weight is 493 g/mol. The molecule has 25 heavy (non-hydrogen) atoms. The van der Waals surface area contributed by atoms with E-state index in [4.69, 9.17) is 0 Å². The summed E-state index contributed by atoms with van der Waals surface area (Å²) >= 11 is 1.73. The van der Waals surface area contributed by atoms with Crippen LogP contribution in [0.3, 0.4) is 0 Å². The second-order valence-corrected chi connectivity index (χ2v) is 8.56. The van der Waals surface area contributed by atoms with Crippen LogP contribution in [0.25, 0.3) is 0 Å². The summed E-state index contributed by atoms with van der Waals surface area (Å²) in [5.41, 5.74) is 2.37. The number of thiophene rings is 1. The van der Waals surface area contributed by atoms with Gasteiger partial charge < -0.3 is 10.6 Å². The second-order valence-electron chi connectivity index (χ2n) is 5.55. The van der Waals surface area contributed by atoms with Crippen molar-refractivity contribution in [1.82, 2.24) is 10.6 Å². The van der Waals surface area contributed by atoms with E-state index in [1.54, 1.807) is 30.5 Å². The average Bonchev–Trinajstić information content (AvgIpc) is 2.95. The first-order valence-corrected chi connectivity index (χ1v) is 10.4. The van der Waals surface area contributed by atoms with Crippen molar-refractivity contribution in [3.8, 4) is 0 Å². The molecule has 0 fully saturated rings. The van der Waals surface area contributed by atoms with Crippen LogP contribution in [-0.2, 0) is 22.8 Å². The van der Waals surface area contributed by atoms with Gasteiger partial charge >= 0.3 is 0 Å². The molecule has 2 aromatic rings. The lowest BCUT2D eigenvalue weighted by Gasteiger charge is -2.12. The minimum Gasteiger partial charge on any atom is -0.356 e. The Balaban J connectivity index is 0.00000312. The van der Waals surface area contributed by atoms with E-state index in [9.17, 15) is 8.42 Å². The van der Waals surface area contributed by atoms with E-state index in [-0.39, 0.29) is 24.0 Å². The maximum atomic E-state index is 11.4. The van der Waals surface area contributed by atoms with Crippen molar-refractivity contribution in [3.63, 3.8) is 0 Å². The van der Waals surface area contributed by atoms with Crippen LogP contribution >= 0.6 is 35.3 Å². The first-order chi connectivity index (χ1) is 11.4. The predicted molar refractivity (Wildman–Crippen MR) is 116 cm³/mol. The summed E-state index contributed by atoms with van der Waals surface area (Å²) in [6.45, 7) is 3.58. The van der Waals surface area contributed by atoms with E-state index >= 15 is 0 Å². The number of halogens is 1. The zero-order valence-corrected chi connectivity index (χ0v) is 18.5. The van der Waals surface area contributed by atoms with Crippen molar-refractivity contribution in [2.45, 2.75) is 24.8 Å². The highest BCUT2D eigenvalue weighted by Gasteiger charge is 2.06. The summed E-state index contributed by atoms with van der Waals surface area (Å²) in [7, 11) is -1.39. The Hall–Kier alpha value is -1.13. The Morgan fingerprint density at radius 1 is 1.16 bits per heavy atom. The number of hydrogen-bond donors (Lipinski definition) is 2. The zero-order valence-electron chi connectivity index (χ0n) is 14.6. The van der Waals surface area contributed by atoms with Gasteiger partial charge in [0.15, 0.2) is 15.8 Å². The molecule has 1 heterocycles. The molecule has 2 N–H and O–H groups in total. The summed E-state index contributed by atoms with van der Waals surface area (Å²) in [5, 5.41) is 8.65. The summed E-state index contributed by atoms with van der Waals surface area (Å²) in [4.78, 5) is 5.86. The van der Waals surface area contributed by atoms with Gasteiger partial charge in [-0.1, -0.05) is 12.1 Å². The molecule has 0 aliphatic heterocycles. The molecule has 8 heteroatoms. The van der Waals surface area contributed by atoms with Gasteiger partial charge in [0.05, 0.1) is 11.4 Å². The van der Waals surface area contributed by atoms with Gasteiger partial charge in [0.2, 0.25) is 0 Å². The molecular formula is C17H24IN3O2S2. The molecule has 0 saturated heterocycles. The van der Waals surface area contributed by atoms with Crippen LogP contribution in [0, 0.1) is 6.92 Å². The summed E-state index contributed by atoms with van der Waals surface area (Å²) in [6, 6.07) is 9.11. The number of rotatable bonds is 6. The largest absolute Gasteiger partial charge is 0.356 e. The number of aryl methyl sites for hydroxylation is 1. The van der Waals surface area contributed by atoms with Gasteiger partial charge in [0, 0.05) is 24.7 Å². The minimum atomic E-state index is -3.13. The SMILES string of the molecule is CN=C(NCCc1ccc(S(C)(=O)=O)cc1)NCc1sccc1C.I. The molecule has 0 atom stereocenters. The molecule has 0 spiro atoms. The quantitative estimate of drug-likeness (QED) is 0.369. The van der Waals surface area contributed by atoms with Crippen LogP contribution in [0.5, 0.6) is 0 Å². The topological polar surface area (TPSA) is 70.6 Å². The first-order valence-electron chi connectivity index (χ1n) is 7.66. The highest BCUT2D eigenvalue weighted by molar-refractivity contribution is 14.0. The molecule has 0 bridgehead atoms. The van der Waals surface area contributed by atoms with Gasteiger partial charge in [-0.25, -0.2) is 8.42 Å². The number of benzene rings is 1. The van der Waals surface area contributed by atoms with Crippen LogP contribution in [0.15, 0.2) is 45.6 Å². The van der Waals surface area contributed by atoms with Gasteiger partial charge in [-0.15, -0.1) is 35.3 Å².